The van der Waals surface area contributed by atoms with E-state index < -0.39 is 11.2 Å². The summed E-state index contributed by atoms with van der Waals surface area (Å²) in [7, 11) is 0. The van der Waals surface area contributed by atoms with Crippen molar-refractivity contribution >= 4 is 0 Å². The summed E-state index contributed by atoms with van der Waals surface area (Å²) in [5, 5.41) is 0. The number of fused-ring (bicyclic) bond motifs is 9. The summed E-state index contributed by atoms with van der Waals surface area (Å²) >= 11 is 0. The molecule has 2 aromatic rings. The monoisotopic (exact) mass is 281 g/mol. The number of nitrogens with zero attached hydrogens (tertiary/aromatic N) is 1. The fourth-order valence-electron chi connectivity index (χ4n) is 4.04. The Morgan fingerprint density at radius 1 is 0.905 bits per heavy atom. The molecule has 0 amide bonds. The van der Waals surface area contributed by atoms with Crippen LogP contribution in [0.2, 0.25) is 0 Å². The molecule has 1 fully saturated rings. The van der Waals surface area contributed by atoms with Crippen molar-refractivity contribution in [3.63, 3.8) is 0 Å². The van der Waals surface area contributed by atoms with Crippen molar-refractivity contribution in [1.82, 2.24) is 4.98 Å². The average Bonchev–Trinajstić information content (AvgIpc) is 2.89. The zero-order valence-corrected chi connectivity index (χ0v) is 11.9. The van der Waals surface area contributed by atoms with Gasteiger partial charge in [0.1, 0.15) is 11.2 Å². The van der Waals surface area contributed by atoms with E-state index in [0.29, 0.717) is 0 Å². The van der Waals surface area contributed by atoms with Gasteiger partial charge in [0, 0.05) is 18.0 Å². The van der Waals surface area contributed by atoms with Gasteiger partial charge >= 0.3 is 0 Å². The molecule has 5 rings (SSSR count). The fraction of sp³-hybridized carbons (Fsp3) is 0.353. The van der Waals surface area contributed by atoms with Gasteiger partial charge in [-0.05, 0) is 37.6 Å². The van der Waals surface area contributed by atoms with Gasteiger partial charge in [-0.25, -0.2) is 0 Å². The molecule has 106 valence electrons. The molecule has 21 heavy (non-hydrogen) atoms. The van der Waals surface area contributed by atoms with Crippen LogP contribution in [0.4, 0.5) is 0 Å². The zero-order chi connectivity index (χ0) is 14.2. The Morgan fingerprint density at radius 3 is 2.19 bits per heavy atom. The minimum Gasteiger partial charge on any atom is -0.479 e. The van der Waals surface area contributed by atoms with Crippen LogP contribution >= 0.6 is 0 Å². The molecule has 4 atom stereocenters. The van der Waals surface area contributed by atoms with Crippen LogP contribution in [0.1, 0.15) is 25.0 Å². The van der Waals surface area contributed by atoms with Crippen molar-refractivity contribution in [3.8, 4) is 11.5 Å². The molecule has 0 saturated carbocycles. The first-order valence-corrected chi connectivity index (χ1v) is 7.20. The maximum atomic E-state index is 6.41. The minimum absolute atomic E-state index is 0.146. The van der Waals surface area contributed by atoms with Crippen LogP contribution in [0, 0.1) is 0 Å². The largest absolute Gasteiger partial charge is 0.479 e. The van der Waals surface area contributed by atoms with E-state index in [2.05, 4.69) is 18.8 Å². The summed E-state index contributed by atoms with van der Waals surface area (Å²) in [4.78, 5) is 4.26. The van der Waals surface area contributed by atoms with Crippen LogP contribution in [0.15, 0.2) is 42.7 Å². The lowest BCUT2D eigenvalue weighted by Crippen LogP contribution is -2.53. The maximum Gasteiger partial charge on any atom is 0.172 e. The predicted octanol–water partition coefficient (Wildman–Crippen LogP) is 2.76. The van der Waals surface area contributed by atoms with Gasteiger partial charge in [0.15, 0.2) is 23.7 Å². The number of ether oxygens (including phenoxy) is 3. The Balaban J connectivity index is 1.72. The summed E-state index contributed by atoms with van der Waals surface area (Å²) in [5.41, 5.74) is 1.25. The predicted molar refractivity (Wildman–Crippen MR) is 75.3 cm³/mol. The summed E-state index contributed by atoms with van der Waals surface area (Å²) < 4.78 is 18.9. The summed E-state index contributed by atoms with van der Waals surface area (Å²) in [6, 6.07) is 9.82. The molecule has 4 heteroatoms. The SMILES string of the molecule is C[C@]12O[C@](C)(c3ccncc31)C1Oc3ccccc3OC12. The van der Waals surface area contributed by atoms with Crippen molar-refractivity contribution in [1.29, 1.82) is 0 Å². The second-order valence-electron chi connectivity index (χ2n) is 6.26. The van der Waals surface area contributed by atoms with E-state index in [1.54, 1.807) is 0 Å². The fourth-order valence-corrected chi connectivity index (χ4v) is 4.04. The Hall–Kier alpha value is -2.07. The molecule has 2 unspecified atom stereocenters. The van der Waals surface area contributed by atoms with Gasteiger partial charge in [0.2, 0.25) is 0 Å². The molecule has 0 spiro atoms. The Morgan fingerprint density at radius 2 is 1.52 bits per heavy atom. The molecule has 3 aliphatic rings. The molecule has 1 aromatic heterocycles. The Labute approximate surface area is 122 Å². The molecule has 0 N–H and O–H groups in total. The third kappa shape index (κ3) is 1.19. The summed E-state index contributed by atoms with van der Waals surface area (Å²) in [6.07, 6.45) is 3.39. The average molecular weight is 281 g/mol. The molecule has 0 radical (unpaired) electrons. The number of pyridine rings is 1. The van der Waals surface area contributed by atoms with Gasteiger partial charge in [-0.3, -0.25) is 4.98 Å². The zero-order valence-electron chi connectivity index (χ0n) is 11.9. The molecular weight excluding hydrogens is 266 g/mol. The number of rotatable bonds is 0. The molecule has 1 aromatic carbocycles. The first kappa shape index (κ1) is 11.6. The van der Waals surface area contributed by atoms with Gasteiger partial charge in [0.25, 0.3) is 0 Å². The van der Waals surface area contributed by atoms with Crippen LogP contribution in [0.5, 0.6) is 11.5 Å². The van der Waals surface area contributed by atoms with Crippen molar-refractivity contribution in [2.24, 2.45) is 0 Å². The van der Waals surface area contributed by atoms with E-state index in [0.717, 1.165) is 22.6 Å². The lowest BCUT2D eigenvalue weighted by molar-refractivity contribution is -0.0916. The van der Waals surface area contributed by atoms with Crippen LogP contribution in [0.25, 0.3) is 0 Å². The highest BCUT2D eigenvalue weighted by Crippen LogP contribution is 2.61. The lowest BCUT2D eigenvalue weighted by Gasteiger charge is -2.40. The van der Waals surface area contributed by atoms with Gasteiger partial charge in [-0.2, -0.15) is 0 Å². The van der Waals surface area contributed by atoms with Crippen molar-refractivity contribution < 1.29 is 14.2 Å². The highest BCUT2D eigenvalue weighted by molar-refractivity contribution is 5.50. The van der Waals surface area contributed by atoms with Gasteiger partial charge < -0.3 is 14.2 Å². The van der Waals surface area contributed by atoms with E-state index in [1.807, 2.05) is 42.7 Å². The molecule has 3 aliphatic heterocycles. The number of benzene rings is 1. The van der Waals surface area contributed by atoms with Crippen LogP contribution in [-0.4, -0.2) is 17.2 Å². The van der Waals surface area contributed by atoms with Crippen molar-refractivity contribution in [3.05, 3.63) is 53.9 Å². The lowest BCUT2D eigenvalue weighted by atomic mass is 9.75. The van der Waals surface area contributed by atoms with Crippen LogP contribution in [0.3, 0.4) is 0 Å². The highest BCUT2D eigenvalue weighted by Gasteiger charge is 2.70. The van der Waals surface area contributed by atoms with Gasteiger partial charge in [0.05, 0.1) is 0 Å². The molecule has 2 bridgehead atoms. The number of aromatic nitrogens is 1. The van der Waals surface area contributed by atoms with E-state index >= 15 is 0 Å². The number of hydrogen-bond acceptors (Lipinski definition) is 4. The molecular formula is C17H15NO3. The maximum absolute atomic E-state index is 6.41. The van der Waals surface area contributed by atoms with Crippen LogP contribution < -0.4 is 9.47 Å². The highest BCUT2D eigenvalue weighted by atomic mass is 16.7. The normalized spacial score (nSPS) is 38.0. The first-order chi connectivity index (χ1) is 10.1. The summed E-state index contributed by atoms with van der Waals surface area (Å²) in [5.74, 6) is 1.57. The molecule has 0 aliphatic carbocycles. The standard InChI is InChI=1S/C17H15NO3/c1-16-10-7-8-18-9-11(10)17(2,21-16)15-14(16)19-12-5-3-4-6-13(12)20-15/h3-9,14-15H,1-2H3/t14?,15?,16-,17+/m1/s1. The second kappa shape index (κ2) is 3.39. The second-order valence-corrected chi connectivity index (χ2v) is 6.26. The molecule has 4 heterocycles. The van der Waals surface area contributed by atoms with Crippen LogP contribution in [-0.2, 0) is 15.9 Å². The van der Waals surface area contributed by atoms with E-state index in [4.69, 9.17) is 14.2 Å². The third-order valence-electron chi connectivity index (χ3n) is 5.03. The quantitative estimate of drug-likeness (QED) is 0.744. The van der Waals surface area contributed by atoms with E-state index in [1.165, 1.54) is 0 Å². The minimum atomic E-state index is -0.517. The van der Waals surface area contributed by atoms with Gasteiger partial charge in [-0.15, -0.1) is 0 Å². The van der Waals surface area contributed by atoms with Crippen molar-refractivity contribution in [2.45, 2.75) is 37.3 Å². The van der Waals surface area contributed by atoms with Gasteiger partial charge in [-0.1, -0.05) is 12.1 Å². The smallest absolute Gasteiger partial charge is 0.172 e. The molecule has 1 saturated heterocycles. The van der Waals surface area contributed by atoms with E-state index in [-0.39, 0.29) is 12.2 Å². The topological polar surface area (TPSA) is 40.6 Å². The third-order valence-corrected chi connectivity index (χ3v) is 5.03. The number of para-hydroxylation sites is 2. The van der Waals surface area contributed by atoms with E-state index in [9.17, 15) is 0 Å². The van der Waals surface area contributed by atoms with Crippen molar-refractivity contribution in [2.75, 3.05) is 0 Å². The Kier molecular flexibility index (Phi) is 1.87. The number of hydrogen-bond donors (Lipinski definition) is 0. The first-order valence-electron chi connectivity index (χ1n) is 7.20. The Bertz CT molecular complexity index is 699. The molecule has 4 nitrogen and oxygen atoms in total. The summed E-state index contributed by atoms with van der Waals surface area (Å²) in [6.45, 7) is 4.15.